The summed E-state index contributed by atoms with van der Waals surface area (Å²) in [6.45, 7) is 3.32. The van der Waals surface area contributed by atoms with Gasteiger partial charge in [-0.25, -0.2) is 8.42 Å². The largest absolute Gasteiger partial charge is 0.301 e. The Morgan fingerprint density at radius 2 is 1.74 bits per heavy atom. The molecule has 1 aromatic rings. The van der Waals surface area contributed by atoms with Crippen LogP contribution in [0.3, 0.4) is 0 Å². The number of nitrogens with zero attached hydrogens (tertiary/aromatic N) is 1. The molecule has 1 N–H and O–H groups in total. The number of hydrogen-bond donors (Lipinski definition) is 1. The van der Waals surface area contributed by atoms with Gasteiger partial charge < -0.3 is 4.90 Å². The molecule has 0 amide bonds. The summed E-state index contributed by atoms with van der Waals surface area (Å²) < 4.78 is 24.6. The van der Waals surface area contributed by atoms with Crippen molar-refractivity contribution in [2.45, 2.75) is 49.8 Å². The van der Waals surface area contributed by atoms with Crippen LogP contribution < -0.4 is 4.89 Å². The van der Waals surface area contributed by atoms with Crippen molar-refractivity contribution in [3.63, 3.8) is 0 Å². The van der Waals surface area contributed by atoms with Gasteiger partial charge in [-0.3, -0.25) is 4.84 Å². The molecule has 0 atom stereocenters. The second kappa shape index (κ2) is 7.75. The molecule has 0 radical (unpaired) electrons. The Morgan fingerprint density at radius 1 is 1.00 bits per heavy atom. The highest BCUT2D eigenvalue weighted by Gasteiger charge is 2.18. The minimum atomic E-state index is -3.59. The monoisotopic (exact) mass is 338 g/mol. The van der Waals surface area contributed by atoms with Gasteiger partial charge in [0.25, 0.3) is 10.0 Å². The number of rotatable bonds is 6. The second-order valence-corrected chi connectivity index (χ2v) is 8.12. The van der Waals surface area contributed by atoms with Crippen LogP contribution in [0.1, 0.15) is 43.2 Å². The third kappa shape index (κ3) is 4.53. The molecule has 0 aromatic heterocycles. The van der Waals surface area contributed by atoms with E-state index in [2.05, 4.69) is 9.79 Å². The Balaban J connectivity index is 1.52. The molecule has 0 saturated carbocycles. The number of nitrogens with one attached hydrogen (secondary N) is 1. The lowest BCUT2D eigenvalue weighted by atomic mass is 9.92. The number of sulfonamides is 1. The Labute approximate surface area is 139 Å². The van der Waals surface area contributed by atoms with Crippen molar-refractivity contribution in [1.82, 2.24) is 9.79 Å². The van der Waals surface area contributed by atoms with Gasteiger partial charge in [-0.05, 0) is 74.9 Å². The first-order chi connectivity index (χ1) is 11.1. The number of benzene rings is 1. The first-order valence-electron chi connectivity index (χ1n) is 8.63. The molecule has 6 heteroatoms. The van der Waals surface area contributed by atoms with Crippen molar-refractivity contribution in [3.05, 3.63) is 29.3 Å². The Kier molecular flexibility index (Phi) is 5.69. The van der Waals surface area contributed by atoms with E-state index in [-0.39, 0.29) is 0 Å². The molecule has 128 valence electrons. The predicted octanol–water partition coefficient (Wildman–Crippen LogP) is 2.26. The van der Waals surface area contributed by atoms with Crippen molar-refractivity contribution in [1.29, 1.82) is 0 Å². The minimum Gasteiger partial charge on any atom is -0.301 e. The third-order valence-corrected chi connectivity index (χ3v) is 5.97. The van der Waals surface area contributed by atoms with E-state index in [0.29, 0.717) is 11.5 Å². The summed E-state index contributed by atoms with van der Waals surface area (Å²) in [4.78, 5) is 10.1. The quantitative estimate of drug-likeness (QED) is 0.638. The first kappa shape index (κ1) is 16.9. The number of hydrogen-bond acceptors (Lipinski definition) is 4. The molecule has 0 spiro atoms. The lowest BCUT2D eigenvalue weighted by Gasteiger charge is -2.25. The van der Waals surface area contributed by atoms with Crippen LogP contribution in [0.5, 0.6) is 0 Å². The van der Waals surface area contributed by atoms with E-state index in [0.717, 1.165) is 44.5 Å². The van der Waals surface area contributed by atoms with Crippen molar-refractivity contribution < 1.29 is 13.3 Å². The van der Waals surface area contributed by atoms with E-state index in [4.69, 9.17) is 4.84 Å². The van der Waals surface area contributed by atoms with Gasteiger partial charge in [0, 0.05) is 6.54 Å². The highest BCUT2D eigenvalue weighted by molar-refractivity contribution is 7.89. The fraction of sp³-hybridized carbons (Fsp3) is 0.647. The summed E-state index contributed by atoms with van der Waals surface area (Å²) in [5.74, 6) is 0. The van der Waals surface area contributed by atoms with Crippen LogP contribution >= 0.6 is 0 Å². The maximum atomic E-state index is 12.3. The molecule has 0 bridgehead atoms. The smallest absolute Gasteiger partial charge is 0.262 e. The van der Waals surface area contributed by atoms with Gasteiger partial charge in [0.15, 0.2) is 0 Å². The van der Waals surface area contributed by atoms with Gasteiger partial charge in [0.1, 0.15) is 0 Å². The highest BCUT2D eigenvalue weighted by atomic mass is 32.2. The molecule has 3 rings (SSSR count). The molecule has 0 unspecified atom stereocenters. The molecule has 1 aliphatic carbocycles. The zero-order chi connectivity index (χ0) is 16.1. The van der Waals surface area contributed by atoms with E-state index in [1.165, 1.54) is 31.2 Å². The summed E-state index contributed by atoms with van der Waals surface area (Å²) in [7, 11) is -3.59. The number of likely N-dealkylation sites (tertiary alicyclic amines) is 1. The standard InChI is InChI=1S/C17H26N2O3S/c20-23(21,18-22-13-12-19-10-4-1-5-11-19)17-9-8-15-6-2-3-7-16(15)14-17/h8-9,14,18H,1-7,10-13H2. The number of aryl methyl sites for hydroxylation is 2. The minimum absolute atomic E-state index is 0.302. The molecule has 1 aromatic carbocycles. The lowest BCUT2D eigenvalue weighted by Crippen LogP contribution is -2.35. The van der Waals surface area contributed by atoms with Gasteiger partial charge in [0.05, 0.1) is 11.5 Å². The molecule has 23 heavy (non-hydrogen) atoms. The zero-order valence-corrected chi connectivity index (χ0v) is 14.4. The summed E-state index contributed by atoms with van der Waals surface area (Å²) in [6.07, 6.45) is 8.08. The Bertz CT molecular complexity index is 625. The SMILES string of the molecule is O=S(=O)(NOCCN1CCCCC1)c1ccc2c(c1)CCCC2. The first-order valence-corrected chi connectivity index (χ1v) is 10.1. The van der Waals surface area contributed by atoms with Crippen LogP contribution in [0, 0.1) is 0 Å². The highest BCUT2D eigenvalue weighted by Crippen LogP contribution is 2.24. The maximum Gasteiger partial charge on any atom is 0.262 e. The fourth-order valence-electron chi connectivity index (χ4n) is 3.40. The van der Waals surface area contributed by atoms with E-state index in [1.807, 2.05) is 6.07 Å². The summed E-state index contributed by atoms with van der Waals surface area (Å²) in [5.41, 5.74) is 2.44. The van der Waals surface area contributed by atoms with Crippen LogP contribution in [-0.2, 0) is 27.7 Å². The van der Waals surface area contributed by atoms with Crippen molar-refractivity contribution in [2.75, 3.05) is 26.2 Å². The lowest BCUT2D eigenvalue weighted by molar-refractivity contribution is 0.0656. The third-order valence-electron chi connectivity index (χ3n) is 4.76. The maximum absolute atomic E-state index is 12.3. The average molecular weight is 338 g/mol. The van der Waals surface area contributed by atoms with Crippen LogP contribution in [0.15, 0.2) is 23.1 Å². The van der Waals surface area contributed by atoms with Crippen molar-refractivity contribution >= 4 is 10.0 Å². The topological polar surface area (TPSA) is 58.6 Å². The molecule has 1 aliphatic heterocycles. The van der Waals surface area contributed by atoms with Gasteiger partial charge in [0.2, 0.25) is 0 Å². The molecule has 5 nitrogen and oxygen atoms in total. The second-order valence-electron chi connectivity index (χ2n) is 6.48. The Morgan fingerprint density at radius 3 is 2.52 bits per heavy atom. The molecular formula is C17H26N2O3S. The van der Waals surface area contributed by atoms with Crippen LogP contribution in [0.25, 0.3) is 0 Å². The summed E-state index contributed by atoms with van der Waals surface area (Å²) in [6, 6.07) is 5.42. The van der Waals surface area contributed by atoms with Crippen LogP contribution in [0.2, 0.25) is 0 Å². The van der Waals surface area contributed by atoms with Crippen molar-refractivity contribution in [2.24, 2.45) is 0 Å². The molecule has 1 heterocycles. The van der Waals surface area contributed by atoms with E-state index in [9.17, 15) is 8.42 Å². The van der Waals surface area contributed by atoms with Gasteiger partial charge in [-0.2, -0.15) is 0 Å². The number of fused-ring (bicyclic) bond motifs is 1. The molecule has 1 saturated heterocycles. The fourth-order valence-corrected chi connectivity index (χ4v) is 4.28. The Hall–Kier alpha value is -0.950. The van der Waals surface area contributed by atoms with E-state index in [1.54, 1.807) is 12.1 Å². The van der Waals surface area contributed by atoms with E-state index >= 15 is 0 Å². The normalized spacial score (nSPS) is 19.5. The van der Waals surface area contributed by atoms with Crippen LogP contribution in [-0.4, -0.2) is 39.6 Å². The summed E-state index contributed by atoms with van der Waals surface area (Å²) >= 11 is 0. The van der Waals surface area contributed by atoms with E-state index < -0.39 is 10.0 Å². The van der Waals surface area contributed by atoms with Crippen molar-refractivity contribution in [3.8, 4) is 0 Å². The van der Waals surface area contributed by atoms with Gasteiger partial charge >= 0.3 is 0 Å². The number of piperidine rings is 1. The summed E-state index contributed by atoms with van der Waals surface area (Å²) in [5, 5.41) is 0. The molecule has 2 aliphatic rings. The van der Waals surface area contributed by atoms with Gasteiger partial charge in [-0.1, -0.05) is 17.4 Å². The van der Waals surface area contributed by atoms with Crippen LogP contribution in [0.4, 0.5) is 0 Å². The van der Waals surface area contributed by atoms with Gasteiger partial charge in [-0.15, -0.1) is 0 Å². The average Bonchev–Trinajstić information content (AvgIpc) is 2.59. The predicted molar refractivity (Wildman–Crippen MR) is 89.6 cm³/mol. The molecular weight excluding hydrogens is 312 g/mol. The molecule has 1 fully saturated rings. The zero-order valence-electron chi connectivity index (χ0n) is 13.6.